The van der Waals surface area contributed by atoms with Gasteiger partial charge in [-0.3, -0.25) is 0 Å². The van der Waals surface area contributed by atoms with Crippen LogP contribution in [0.25, 0.3) is 0 Å². The van der Waals surface area contributed by atoms with Crippen LogP contribution >= 0.6 is 35.1 Å². The van der Waals surface area contributed by atoms with Crippen molar-refractivity contribution in [2.24, 2.45) is 5.92 Å². The smallest absolute Gasteiger partial charge is 0.0572 e. The maximum absolute atomic E-state index is 6.38. The van der Waals surface area contributed by atoms with Gasteiger partial charge in [-0.2, -0.15) is 0 Å². The van der Waals surface area contributed by atoms with Crippen LogP contribution in [0.3, 0.4) is 0 Å². The first-order valence-corrected chi connectivity index (χ1v) is 10.2. The highest BCUT2D eigenvalue weighted by molar-refractivity contribution is 7.97. The van der Waals surface area contributed by atoms with Crippen LogP contribution in [0, 0.1) is 12.8 Å². The number of hydrogen-bond donors (Lipinski definition) is 0. The number of rotatable bonds is 3. The fraction of sp³-hybridized carbons (Fsp3) is 0.667. The Kier molecular flexibility index (Phi) is 6.19. The van der Waals surface area contributed by atoms with Crippen LogP contribution in [-0.2, 0) is 0 Å². The second-order valence-electron chi connectivity index (χ2n) is 7.00. The van der Waals surface area contributed by atoms with Crippen molar-refractivity contribution in [2.75, 3.05) is 26.2 Å². The van der Waals surface area contributed by atoms with Crippen molar-refractivity contribution in [2.45, 2.75) is 50.5 Å². The highest BCUT2D eigenvalue weighted by atomic mass is 35.5. The van der Waals surface area contributed by atoms with Gasteiger partial charge in [0.15, 0.2) is 0 Å². The van der Waals surface area contributed by atoms with Crippen molar-refractivity contribution in [3.63, 3.8) is 0 Å². The van der Waals surface area contributed by atoms with E-state index in [0.717, 1.165) is 40.0 Å². The molecule has 0 atom stereocenters. The Morgan fingerprint density at radius 3 is 2.26 bits per heavy atom. The summed E-state index contributed by atoms with van der Waals surface area (Å²) in [5, 5.41) is 1.49. The van der Waals surface area contributed by atoms with Crippen LogP contribution < -0.4 is 0 Å². The molecule has 2 aliphatic rings. The molecule has 3 rings (SSSR count). The van der Waals surface area contributed by atoms with Gasteiger partial charge >= 0.3 is 0 Å². The molecule has 0 aromatic heterocycles. The maximum atomic E-state index is 6.38. The molecule has 5 heteroatoms. The van der Waals surface area contributed by atoms with Crippen LogP contribution in [0.5, 0.6) is 0 Å². The number of nitrogens with zero attached hydrogens (tertiary/aromatic N) is 2. The van der Waals surface area contributed by atoms with Gasteiger partial charge in [0.25, 0.3) is 0 Å². The number of aryl methyl sites for hydroxylation is 1. The van der Waals surface area contributed by atoms with Crippen molar-refractivity contribution < 1.29 is 0 Å². The molecule has 2 aliphatic heterocycles. The molecular formula is C18H26Cl2N2S. The molecule has 0 saturated carbocycles. The van der Waals surface area contributed by atoms with E-state index in [1.807, 2.05) is 12.1 Å². The third-order valence-corrected chi connectivity index (χ3v) is 7.15. The van der Waals surface area contributed by atoms with Crippen LogP contribution in [0.1, 0.15) is 38.2 Å². The van der Waals surface area contributed by atoms with E-state index in [4.69, 9.17) is 23.2 Å². The number of piperidine rings is 2. The molecular weight excluding hydrogens is 347 g/mol. The minimum atomic E-state index is 0.717. The quantitative estimate of drug-likeness (QED) is 0.646. The van der Waals surface area contributed by atoms with E-state index < -0.39 is 0 Å². The molecule has 0 spiro atoms. The lowest BCUT2D eigenvalue weighted by Crippen LogP contribution is -2.46. The molecule has 2 saturated heterocycles. The Morgan fingerprint density at radius 1 is 1.00 bits per heavy atom. The molecule has 0 aliphatic carbocycles. The summed E-state index contributed by atoms with van der Waals surface area (Å²) in [5.74, 6) is 0.914. The molecule has 1 aromatic rings. The summed E-state index contributed by atoms with van der Waals surface area (Å²) in [7, 11) is 0. The van der Waals surface area contributed by atoms with E-state index in [2.05, 4.69) is 23.1 Å². The largest absolute Gasteiger partial charge is 0.300 e. The number of benzene rings is 1. The zero-order chi connectivity index (χ0) is 16.4. The number of halogens is 2. The van der Waals surface area contributed by atoms with E-state index in [9.17, 15) is 0 Å². The molecule has 1 aromatic carbocycles. The van der Waals surface area contributed by atoms with Gasteiger partial charge in [-0.15, -0.1) is 0 Å². The first-order valence-electron chi connectivity index (χ1n) is 8.65. The van der Waals surface area contributed by atoms with Gasteiger partial charge in [0.05, 0.1) is 5.02 Å². The Labute approximate surface area is 154 Å². The summed E-state index contributed by atoms with van der Waals surface area (Å²) in [6, 6.07) is 4.62. The standard InChI is InChI=1S/C18H26Cl2N2S/c1-13-3-7-21(8-4-13)16-5-9-22(10-6-16)23-18-14(2)11-15(19)12-17(18)20/h11-13,16H,3-10H2,1-2H3. The van der Waals surface area contributed by atoms with Crippen molar-refractivity contribution in [1.29, 1.82) is 0 Å². The Morgan fingerprint density at radius 2 is 1.65 bits per heavy atom. The zero-order valence-corrected chi connectivity index (χ0v) is 16.4. The second-order valence-corrected chi connectivity index (χ2v) is 8.95. The summed E-state index contributed by atoms with van der Waals surface area (Å²) < 4.78 is 2.46. The minimum absolute atomic E-state index is 0.717. The molecule has 2 nitrogen and oxygen atoms in total. The van der Waals surface area contributed by atoms with Crippen molar-refractivity contribution in [3.8, 4) is 0 Å². The predicted molar refractivity (Wildman–Crippen MR) is 102 cm³/mol. The Bertz CT molecular complexity index is 513. The highest BCUT2D eigenvalue weighted by Gasteiger charge is 2.27. The predicted octanol–water partition coefficient (Wildman–Crippen LogP) is 5.51. The average Bonchev–Trinajstić information content (AvgIpc) is 2.52. The van der Waals surface area contributed by atoms with Crippen molar-refractivity contribution >= 4 is 35.1 Å². The van der Waals surface area contributed by atoms with Gasteiger partial charge in [-0.1, -0.05) is 30.1 Å². The van der Waals surface area contributed by atoms with Crippen molar-refractivity contribution in [3.05, 3.63) is 27.7 Å². The molecule has 0 radical (unpaired) electrons. The average molecular weight is 373 g/mol. The fourth-order valence-corrected chi connectivity index (χ4v) is 5.33. The fourth-order valence-electron chi connectivity index (χ4n) is 3.63. The molecule has 128 valence electrons. The van der Waals surface area contributed by atoms with Gasteiger partial charge in [0.2, 0.25) is 0 Å². The van der Waals surface area contributed by atoms with E-state index in [1.165, 1.54) is 44.3 Å². The van der Waals surface area contributed by atoms with Crippen LogP contribution in [-0.4, -0.2) is 41.4 Å². The summed E-state index contributed by atoms with van der Waals surface area (Å²) in [5.41, 5.74) is 1.17. The summed E-state index contributed by atoms with van der Waals surface area (Å²) in [4.78, 5) is 3.88. The molecule has 0 N–H and O–H groups in total. The van der Waals surface area contributed by atoms with E-state index in [1.54, 1.807) is 11.9 Å². The van der Waals surface area contributed by atoms with Gasteiger partial charge in [0.1, 0.15) is 0 Å². The molecule has 2 heterocycles. The summed E-state index contributed by atoms with van der Waals surface area (Å²) in [6.07, 6.45) is 5.28. The molecule has 0 amide bonds. The molecule has 2 fully saturated rings. The topological polar surface area (TPSA) is 6.48 Å². The van der Waals surface area contributed by atoms with Crippen LogP contribution in [0.15, 0.2) is 17.0 Å². The Balaban J connectivity index is 1.53. The monoisotopic (exact) mass is 372 g/mol. The summed E-state index contributed by atoms with van der Waals surface area (Å²) >= 11 is 14.2. The first-order chi connectivity index (χ1) is 11.0. The third-order valence-electron chi connectivity index (χ3n) is 5.17. The lowest BCUT2D eigenvalue weighted by Gasteiger charge is -2.41. The van der Waals surface area contributed by atoms with Gasteiger partial charge < -0.3 is 4.90 Å². The summed E-state index contributed by atoms with van der Waals surface area (Å²) in [6.45, 7) is 9.33. The molecule has 0 bridgehead atoms. The maximum Gasteiger partial charge on any atom is 0.0572 e. The Hall–Kier alpha value is 0.0700. The van der Waals surface area contributed by atoms with Crippen LogP contribution in [0.4, 0.5) is 0 Å². The highest BCUT2D eigenvalue weighted by Crippen LogP contribution is 2.37. The number of likely N-dealkylation sites (tertiary alicyclic amines) is 1. The second kappa shape index (κ2) is 7.97. The SMILES string of the molecule is Cc1cc(Cl)cc(Cl)c1SN1CCC(N2CCC(C)CC2)CC1. The molecule has 23 heavy (non-hydrogen) atoms. The zero-order valence-electron chi connectivity index (χ0n) is 14.0. The lowest BCUT2D eigenvalue weighted by atomic mass is 9.95. The van der Waals surface area contributed by atoms with Crippen LogP contribution in [0.2, 0.25) is 10.0 Å². The van der Waals surface area contributed by atoms with E-state index in [-0.39, 0.29) is 0 Å². The van der Waals surface area contributed by atoms with Gasteiger partial charge in [0, 0.05) is 29.0 Å². The van der Waals surface area contributed by atoms with Gasteiger partial charge in [-0.25, -0.2) is 4.31 Å². The first kappa shape index (κ1) is 17.9. The van der Waals surface area contributed by atoms with E-state index >= 15 is 0 Å². The normalized spacial score (nSPS) is 22.6. The van der Waals surface area contributed by atoms with Gasteiger partial charge in [-0.05, 0) is 81.3 Å². The molecule has 0 unspecified atom stereocenters. The lowest BCUT2D eigenvalue weighted by molar-refractivity contribution is 0.103. The third kappa shape index (κ3) is 4.58. The van der Waals surface area contributed by atoms with Crippen molar-refractivity contribution in [1.82, 2.24) is 9.21 Å². The minimum Gasteiger partial charge on any atom is -0.300 e. The number of hydrogen-bond acceptors (Lipinski definition) is 3. The van der Waals surface area contributed by atoms with E-state index in [0.29, 0.717) is 0 Å².